The highest BCUT2D eigenvalue weighted by molar-refractivity contribution is 5.85. The maximum atomic E-state index is 8.05. The summed E-state index contributed by atoms with van der Waals surface area (Å²) in [7, 11) is 1.57. The van der Waals surface area contributed by atoms with E-state index in [-0.39, 0.29) is 12.4 Å². The second-order valence-electron chi connectivity index (χ2n) is 2.57. The van der Waals surface area contributed by atoms with E-state index in [0.717, 1.165) is 0 Å². The number of aliphatic hydroxyl groups is 1. The van der Waals surface area contributed by atoms with Crippen molar-refractivity contribution in [3.05, 3.63) is 35.9 Å². The SMILES string of the molecule is Cl.[2H]OC([2H])(c1ccccc1)C([2H])(C)NC. The van der Waals surface area contributed by atoms with Gasteiger partial charge >= 0.3 is 0 Å². The van der Waals surface area contributed by atoms with Gasteiger partial charge in [-0.15, -0.1) is 12.4 Å². The van der Waals surface area contributed by atoms with Gasteiger partial charge in [0.05, 0.1) is 7.45 Å². The molecule has 0 spiro atoms. The second kappa shape index (κ2) is 5.97. The van der Waals surface area contributed by atoms with Crippen LogP contribution in [-0.4, -0.2) is 19.6 Å². The van der Waals surface area contributed by atoms with E-state index in [2.05, 4.69) is 10.4 Å². The summed E-state index contributed by atoms with van der Waals surface area (Å²) in [5, 5.41) is 7.11. The maximum absolute atomic E-state index is 8.05. The lowest BCUT2D eigenvalue weighted by Gasteiger charge is -2.17. The van der Waals surface area contributed by atoms with Crippen molar-refractivity contribution in [2.75, 3.05) is 7.05 Å². The molecule has 0 fully saturated rings. The molecular formula is C10H16ClNO. The number of halogens is 1. The Bertz CT molecular complexity index is 323. The van der Waals surface area contributed by atoms with Crippen LogP contribution >= 0.6 is 12.4 Å². The number of hydrogen-bond donors (Lipinski definition) is 2. The van der Waals surface area contributed by atoms with Crippen molar-refractivity contribution in [3.8, 4) is 0 Å². The molecule has 1 aromatic rings. The third-order valence-corrected chi connectivity index (χ3v) is 1.75. The summed E-state index contributed by atoms with van der Waals surface area (Å²) in [5.74, 6) is 0. The fourth-order valence-corrected chi connectivity index (χ4v) is 0.920. The molecule has 0 radical (unpaired) electrons. The highest BCUT2D eigenvalue weighted by atomic mass is 35.5. The lowest BCUT2D eigenvalue weighted by atomic mass is 10.0. The number of nitrogens with one attached hydrogen (secondary N) is 1. The van der Waals surface area contributed by atoms with E-state index in [4.69, 9.17) is 4.17 Å². The van der Waals surface area contributed by atoms with Crippen LogP contribution in [0.25, 0.3) is 0 Å². The van der Waals surface area contributed by atoms with Crippen molar-refractivity contribution in [3.63, 3.8) is 0 Å². The molecule has 1 aromatic carbocycles. The molecule has 0 amide bonds. The molecule has 0 aliphatic rings. The van der Waals surface area contributed by atoms with Crippen molar-refractivity contribution in [1.29, 1.82) is 1.43 Å². The van der Waals surface area contributed by atoms with E-state index >= 15 is 0 Å². The summed E-state index contributed by atoms with van der Waals surface area (Å²) in [6.07, 6.45) is -1.75. The number of hydrogen-bond acceptors (Lipinski definition) is 2. The van der Waals surface area contributed by atoms with Crippen LogP contribution in [0.3, 0.4) is 0 Å². The van der Waals surface area contributed by atoms with Crippen molar-refractivity contribution in [2.45, 2.75) is 19.0 Å². The number of rotatable bonds is 4. The van der Waals surface area contributed by atoms with E-state index in [1.807, 2.05) is 6.07 Å². The van der Waals surface area contributed by atoms with Gasteiger partial charge in [0.15, 0.2) is 0 Å². The van der Waals surface area contributed by atoms with E-state index in [1.165, 1.54) is 6.92 Å². The van der Waals surface area contributed by atoms with Crippen molar-refractivity contribution < 1.29 is 7.85 Å². The van der Waals surface area contributed by atoms with Gasteiger partial charge in [0.2, 0.25) is 1.43 Å². The third-order valence-electron chi connectivity index (χ3n) is 1.75. The minimum atomic E-state index is -1.75. The van der Waals surface area contributed by atoms with Gasteiger partial charge in [-0.05, 0) is 19.5 Å². The first-order chi connectivity index (χ1) is 6.98. The van der Waals surface area contributed by atoms with E-state index in [0.29, 0.717) is 5.56 Å². The Morgan fingerprint density at radius 1 is 1.46 bits per heavy atom. The van der Waals surface area contributed by atoms with Crippen LogP contribution in [0.2, 0.25) is 0 Å². The quantitative estimate of drug-likeness (QED) is 0.784. The Labute approximate surface area is 89.7 Å². The van der Waals surface area contributed by atoms with Gasteiger partial charge in [0.25, 0.3) is 0 Å². The molecule has 0 aromatic heterocycles. The molecule has 1 rings (SSSR count). The molecule has 0 aliphatic heterocycles. The smallest absolute Gasteiger partial charge is 0.211 e. The Morgan fingerprint density at radius 3 is 2.54 bits per heavy atom. The minimum absolute atomic E-state index is 0. The molecule has 3 heteroatoms. The van der Waals surface area contributed by atoms with E-state index in [9.17, 15) is 0 Å². The summed E-state index contributed by atoms with van der Waals surface area (Å²) in [4.78, 5) is 0. The Balaban J connectivity index is 0.00000225. The average molecular weight is 205 g/mol. The van der Waals surface area contributed by atoms with Crippen molar-refractivity contribution in [2.24, 2.45) is 0 Å². The normalized spacial score (nSPS) is 22.5. The van der Waals surface area contributed by atoms with E-state index in [1.54, 1.807) is 31.3 Å². The van der Waals surface area contributed by atoms with Crippen LogP contribution in [0.5, 0.6) is 0 Å². The topological polar surface area (TPSA) is 32.3 Å². The van der Waals surface area contributed by atoms with Gasteiger partial charge in [-0.1, -0.05) is 30.3 Å². The Morgan fingerprint density at radius 2 is 2.08 bits per heavy atom. The van der Waals surface area contributed by atoms with Crippen LogP contribution in [0.15, 0.2) is 30.3 Å². The first kappa shape index (κ1) is 7.80. The molecule has 0 saturated carbocycles. The minimum Gasteiger partial charge on any atom is -0.387 e. The number of benzene rings is 1. The molecule has 0 saturated heterocycles. The molecule has 0 aliphatic carbocycles. The van der Waals surface area contributed by atoms with Crippen molar-refractivity contribution in [1.82, 2.24) is 5.32 Å². The standard InChI is InChI=1S/C10H15NO.ClH/c1-8(11-2)10(12)9-6-4-3-5-7-9;/h3-8,10-12H,1-2H3;1H/i8D,10D,12D;. The molecule has 13 heavy (non-hydrogen) atoms. The van der Waals surface area contributed by atoms with Gasteiger partial charge in [-0.25, -0.2) is 0 Å². The molecule has 0 heterocycles. The van der Waals surface area contributed by atoms with E-state index < -0.39 is 12.1 Å². The summed E-state index contributed by atoms with van der Waals surface area (Å²) >= 11 is 0. The third kappa shape index (κ3) is 3.35. The molecule has 74 valence electrons. The lowest BCUT2D eigenvalue weighted by molar-refractivity contribution is 0.140. The molecule has 2 unspecified atom stereocenters. The Hall–Kier alpha value is -0.570. The lowest BCUT2D eigenvalue weighted by Crippen LogP contribution is -2.28. The van der Waals surface area contributed by atoms with Crippen LogP contribution in [0, 0.1) is 0 Å². The fraction of sp³-hybridized carbons (Fsp3) is 0.400. The summed E-state index contributed by atoms with van der Waals surface area (Å²) in [6.45, 7) is 1.50. The zero-order chi connectivity index (χ0) is 11.5. The van der Waals surface area contributed by atoms with Gasteiger partial charge in [-0.2, -0.15) is 0 Å². The first-order valence-corrected chi connectivity index (χ1v) is 3.86. The largest absolute Gasteiger partial charge is 0.387 e. The number of likely N-dealkylation sites (N-methyl/N-ethyl adjacent to an activating group) is 1. The van der Waals surface area contributed by atoms with Crippen LogP contribution in [0.4, 0.5) is 0 Å². The van der Waals surface area contributed by atoms with Gasteiger partial charge in [0, 0.05) is 7.39 Å². The van der Waals surface area contributed by atoms with Gasteiger partial charge in [0.1, 0.15) is 0 Å². The van der Waals surface area contributed by atoms with Gasteiger partial charge in [-0.3, -0.25) is 0 Å². The van der Waals surface area contributed by atoms with Gasteiger partial charge < -0.3 is 10.4 Å². The first-order valence-electron chi connectivity index (χ1n) is 5.27. The Kier molecular flexibility index (Phi) is 3.58. The maximum Gasteiger partial charge on any atom is 0.211 e. The zero-order valence-corrected chi connectivity index (χ0v) is 8.52. The highest BCUT2D eigenvalue weighted by Crippen LogP contribution is 2.15. The predicted molar refractivity (Wildman–Crippen MR) is 57.2 cm³/mol. The predicted octanol–water partition coefficient (Wildman–Crippen LogP) is 1.75. The van der Waals surface area contributed by atoms with Crippen molar-refractivity contribution >= 4 is 12.4 Å². The summed E-state index contributed by atoms with van der Waals surface area (Å²) in [5.41, 5.74) is 0.479. The fourth-order valence-electron chi connectivity index (χ4n) is 0.920. The molecule has 2 atom stereocenters. The molecule has 2 N–H and O–H groups in total. The zero-order valence-electron chi connectivity index (χ0n) is 10.7. The van der Waals surface area contributed by atoms with Crippen LogP contribution < -0.4 is 5.32 Å². The van der Waals surface area contributed by atoms with Crippen LogP contribution in [0.1, 0.15) is 21.3 Å². The summed E-state index contributed by atoms with van der Waals surface area (Å²) < 4.78 is 23.0. The monoisotopic (exact) mass is 204 g/mol. The van der Waals surface area contributed by atoms with Crippen LogP contribution in [-0.2, 0) is 0 Å². The second-order valence-corrected chi connectivity index (χ2v) is 2.57. The average Bonchev–Trinajstić information content (AvgIpc) is 2.29. The highest BCUT2D eigenvalue weighted by Gasteiger charge is 2.12. The summed E-state index contributed by atoms with van der Waals surface area (Å²) in [6, 6.07) is 7.27. The molecular weight excluding hydrogens is 186 g/mol. The molecule has 0 bridgehead atoms. The molecule has 2 nitrogen and oxygen atoms in total.